The molecule has 1 heterocycles. The number of hydrogen-bond acceptors (Lipinski definition) is 9. The average Bonchev–Trinajstić information content (AvgIpc) is 3.40. The summed E-state index contributed by atoms with van der Waals surface area (Å²) in [6, 6.07) is 18.9. The van der Waals surface area contributed by atoms with Crippen LogP contribution in [-0.4, -0.2) is 60.9 Å². The van der Waals surface area contributed by atoms with Crippen molar-refractivity contribution < 1.29 is 49.8 Å². The van der Waals surface area contributed by atoms with Crippen LogP contribution in [0.25, 0.3) is 11.5 Å². The lowest BCUT2D eigenvalue weighted by Crippen LogP contribution is -2.47. The summed E-state index contributed by atoms with van der Waals surface area (Å²) in [6.07, 6.45) is -5.32. The topological polar surface area (TPSA) is 128 Å². The van der Waals surface area contributed by atoms with Crippen LogP contribution >= 0.6 is 0 Å². The lowest BCUT2D eigenvalue weighted by molar-refractivity contribution is -0.143. The molecule has 11 nitrogen and oxygen atoms in total. The number of carbonyl (C=O) groups excluding carboxylic acids is 2. The molecular weight excluding hydrogens is 643 g/mol. The molecule has 0 aliphatic carbocycles. The van der Waals surface area contributed by atoms with E-state index in [1.807, 2.05) is 0 Å². The van der Waals surface area contributed by atoms with Crippen LogP contribution in [0, 0.1) is 6.92 Å². The van der Waals surface area contributed by atoms with Crippen molar-refractivity contribution in [2.75, 3.05) is 26.8 Å². The van der Waals surface area contributed by atoms with Crippen LogP contribution in [0.5, 0.6) is 11.5 Å². The van der Waals surface area contributed by atoms with E-state index in [0.717, 1.165) is 23.5 Å². The Bertz CT molecular complexity index is 1780. The Morgan fingerprint density at radius 3 is 2.30 bits per heavy atom. The fraction of sp³-hybridized carbons (Fsp3) is 0.281. The molecule has 1 aromatic heterocycles. The minimum atomic E-state index is -4.56. The maximum absolute atomic E-state index is 13.5. The van der Waals surface area contributed by atoms with E-state index in [1.165, 1.54) is 24.3 Å². The Kier molecular flexibility index (Phi) is 11.3. The van der Waals surface area contributed by atoms with Gasteiger partial charge in [-0.2, -0.15) is 30.2 Å². The molecule has 0 radical (unpaired) electrons. The second-order valence-electron chi connectivity index (χ2n) is 10.1. The number of para-hydroxylation sites is 1. The molecule has 0 unspecified atom stereocenters. The third-order valence-corrected chi connectivity index (χ3v) is 8.46. The van der Waals surface area contributed by atoms with Gasteiger partial charge in [-0.15, -0.1) is 0 Å². The van der Waals surface area contributed by atoms with Gasteiger partial charge in [-0.25, -0.2) is 9.78 Å². The molecule has 0 atom stereocenters. The van der Waals surface area contributed by atoms with Crippen LogP contribution in [-0.2, 0) is 38.9 Å². The first-order valence-corrected chi connectivity index (χ1v) is 15.7. The zero-order chi connectivity index (χ0) is 34.2. The van der Waals surface area contributed by atoms with E-state index in [4.69, 9.17) is 18.6 Å². The predicted octanol–water partition coefficient (Wildman–Crippen LogP) is 6.03. The summed E-state index contributed by atoms with van der Waals surface area (Å²) in [6.45, 7) is 2.46. The molecular formula is C32H32F3N3O8S. The third-order valence-electron chi connectivity index (χ3n) is 6.71. The minimum absolute atomic E-state index is 0.0265. The van der Waals surface area contributed by atoms with E-state index in [-0.39, 0.29) is 31.4 Å². The van der Waals surface area contributed by atoms with Crippen molar-refractivity contribution in [3.63, 3.8) is 0 Å². The van der Waals surface area contributed by atoms with E-state index in [2.05, 4.69) is 4.98 Å². The zero-order valence-corrected chi connectivity index (χ0v) is 26.5. The minimum Gasteiger partial charge on any atom is -0.493 e. The van der Waals surface area contributed by atoms with Gasteiger partial charge in [-0.05, 0) is 67.9 Å². The van der Waals surface area contributed by atoms with E-state index >= 15 is 0 Å². The Morgan fingerprint density at radius 2 is 1.64 bits per heavy atom. The second-order valence-corrected chi connectivity index (χ2v) is 12.0. The van der Waals surface area contributed by atoms with Crippen molar-refractivity contribution in [3.8, 4) is 23.0 Å². The highest BCUT2D eigenvalue weighted by atomic mass is 32.2. The summed E-state index contributed by atoms with van der Waals surface area (Å²) in [4.78, 5) is 29.4. The Balaban J connectivity index is 1.43. The predicted molar refractivity (Wildman–Crippen MR) is 164 cm³/mol. The Hall–Kier alpha value is -4.89. The number of oxazole rings is 1. The first-order valence-electron chi connectivity index (χ1n) is 14.3. The molecule has 1 amide bonds. The van der Waals surface area contributed by atoms with Gasteiger partial charge in [0, 0.05) is 25.6 Å². The molecule has 15 heteroatoms. The highest BCUT2D eigenvalue weighted by molar-refractivity contribution is 7.87. The van der Waals surface area contributed by atoms with Crippen molar-refractivity contribution in [2.24, 2.45) is 0 Å². The van der Waals surface area contributed by atoms with Crippen LogP contribution in [0.3, 0.4) is 0 Å². The fourth-order valence-corrected chi connectivity index (χ4v) is 5.43. The van der Waals surface area contributed by atoms with E-state index in [1.54, 1.807) is 56.3 Å². The van der Waals surface area contributed by atoms with Gasteiger partial charge in [0.25, 0.3) is 0 Å². The number of amides is 1. The summed E-state index contributed by atoms with van der Waals surface area (Å²) in [5.41, 5.74) is 0.609. The van der Waals surface area contributed by atoms with Gasteiger partial charge in [0.15, 0.2) is 0 Å². The standard InChI is InChI=1S/C32H32F3N3O8S/c1-4-43-29(39)21-38(47(41,42)37(3)31(40)46-26-10-6-5-7-11-26)20-23-9-8-12-27(19-23)44-18-17-28-22(2)45-30(36-28)24-13-15-25(16-14-24)32(33,34)35/h5-16,19H,4,17-18,20-21H2,1-3H3. The largest absolute Gasteiger partial charge is 0.493 e. The third kappa shape index (κ3) is 9.33. The molecule has 47 heavy (non-hydrogen) atoms. The number of ether oxygens (including phenoxy) is 3. The lowest BCUT2D eigenvalue weighted by Gasteiger charge is -2.26. The number of hydrogen-bond donors (Lipinski definition) is 0. The van der Waals surface area contributed by atoms with Gasteiger partial charge in [0.05, 0.1) is 24.5 Å². The Morgan fingerprint density at radius 1 is 0.957 bits per heavy atom. The van der Waals surface area contributed by atoms with Crippen LogP contribution in [0.4, 0.5) is 18.0 Å². The maximum atomic E-state index is 13.5. The zero-order valence-electron chi connectivity index (χ0n) is 25.7. The van der Waals surface area contributed by atoms with E-state index < -0.39 is 40.6 Å². The first kappa shape index (κ1) is 35.0. The van der Waals surface area contributed by atoms with Crippen molar-refractivity contribution >= 4 is 22.3 Å². The smallest absolute Gasteiger partial charge is 0.429 e. The van der Waals surface area contributed by atoms with Crippen molar-refractivity contribution in [1.82, 2.24) is 13.6 Å². The molecule has 0 aliphatic heterocycles. The van der Waals surface area contributed by atoms with Crippen LogP contribution in [0.2, 0.25) is 0 Å². The first-order chi connectivity index (χ1) is 22.3. The lowest BCUT2D eigenvalue weighted by atomic mass is 10.1. The number of alkyl halides is 3. The van der Waals surface area contributed by atoms with Crippen LogP contribution in [0.1, 0.15) is 29.5 Å². The normalized spacial score (nSPS) is 11.7. The van der Waals surface area contributed by atoms with E-state index in [9.17, 15) is 31.2 Å². The van der Waals surface area contributed by atoms with Gasteiger partial charge in [-0.1, -0.05) is 30.3 Å². The van der Waals surface area contributed by atoms with Gasteiger partial charge in [0.1, 0.15) is 23.8 Å². The van der Waals surface area contributed by atoms with Gasteiger partial charge < -0.3 is 18.6 Å². The number of halogens is 3. The quantitative estimate of drug-likeness (QED) is 0.156. The van der Waals surface area contributed by atoms with Crippen LogP contribution < -0.4 is 9.47 Å². The fourth-order valence-electron chi connectivity index (χ4n) is 4.28. The van der Waals surface area contributed by atoms with Gasteiger partial charge in [-0.3, -0.25) is 4.79 Å². The summed E-state index contributed by atoms with van der Waals surface area (Å²) < 4.78 is 88.4. The molecule has 0 aliphatic rings. The van der Waals surface area contributed by atoms with Gasteiger partial charge in [0.2, 0.25) is 5.89 Å². The highest BCUT2D eigenvalue weighted by Crippen LogP contribution is 2.31. The number of rotatable bonds is 13. The molecule has 4 aromatic rings. The van der Waals surface area contributed by atoms with E-state index in [0.29, 0.717) is 39.1 Å². The molecule has 0 saturated carbocycles. The monoisotopic (exact) mass is 675 g/mol. The highest BCUT2D eigenvalue weighted by Gasteiger charge is 2.34. The van der Waals surface area contributed by atoms with Gasteiger partial charge >= 0.3 is 28.4 Å². The number of nitrogens with zero attached hydrogens (tertiary/aromatic N) is 3. The molecule has 0 spiro atoms. The number of aromatic nitrogens is 1. The van der Waals surface area contributed by atoms with Crippen molar-refractivity contribution in [2.45, 2.75) is 33.0 Å². The maximum Gasteiger partial charge on any atom is 0.429 e. The summed E-state index contributed by atoms with van der Waals surface area (Å²) in [5, 5.41) is 0. The number of carbonyl (C=O) groups is 2. The Labute approximate surface area is 269 Å². The number of benzene rings is 3. The molecule has 4 rings (SSSR count). The van der Waals surface area contributed by atoms with Crippen molar-refractivity contribution in [1.29, 1.82) is 0 Å². The SMILES string of the molecule is CCOC(=O)CN(Cc1cccc(OCCc2nc(-c3ccc(C(F)(F)F)cc3)oc2C)c1)S(=O)(=O)N(C)C(=O)Oc1ccccc1. The molecule has 0 bridgehead atoms. The number of aryl methyl sites for hydroxylation is 1. The number of esters is 1. The second kappa shape index (κ2) is 15.1. The van der Waals surface area contributed by atoms with Crippen LogP contribution in [0.15, 0.2) is 83.3 Å². The average molecular weight is 676 g/mol. The summed E-state index contributed by atoms with van der Waals surface area (Å²) in [5.74, 6) is 0.363. The molecule has 3 aromatic carbocycles. The summed E-state index contributed by atoms with van der Waals surface area (Å²) in [7, 11) is -3.54. The van der Waals surface area contributed by atoms with Crippen molar-refractivity contribution in [3.05, 3.63) is 101 Å². The molecule has 0 saturated heterocycles. The summed E-state index contributed by atoms with van der Waals surface area (Å²) >= 11 is 0. The molecule has 250 valence electrons. The molecule has 0 fully saturated rings. The molecule has 0 N–H and O–H groups in total.